The summed E-state index contributed by atoms with van der Waals surface area (Å²) in [6, 6.07) is 1.78. The van der Waals surface area contributed by atoms with Crippen molar-refractivity contribution in [1.82, 2.24) is 4.72 Å². The summed E-state index contributed by atoms with van der Waals surface area (Å²) in [5.74, 6) is -0.540. The second-order valence-electron chi connectivity index (χ2n) is 5.02. The zero-order valence-corrected chi connectivity index (χ0v) is 13.2. The van der Waals surface area contributed by atoms with Crippen LogP contribution in [0.3, 0.4) is 0 Å². The molecule has 0 aliphatic carbocycles. The standard InChI is InChI=1S/C13H19ClFNO3S/c1-8(2)12(4-5-17)16-20(18,19)13-6-9(3)11(15)7-10(13)14/h6-8,12,16-17H,4-5H2,1-3H3. The Hall–Kier alpha value is -0.690. The third-order valence-corrected chi connectivity index (χ3v) is 5.01. The molecule has 1 aromatic rings. The topological polar surface area (TPSA) is 66.4 Å². The molecule has 0 spiro atoms. The first kappa shape index (κ1) is 17.4. The van der Waals surface area contributed by atoms with E-state index in [0.717, 1.165) is 6.07 Å². The molecule has 0 amide bonds. The van der Waals surface area contributed by atoms with E-state index in [1.165, 1.54) is 13.0 Å². The van der Waals surface area contributed by atoms with Crippen molar-refractivity contribution in [3.63, 3.8) is 0 Å². The highest BCUT2D eigenvalue weighted by molar-refractivity contribution is 7.89. The van der Waals surface area contributed by atoms with Crippen LogP contribution in [-0.2, 0) is 10.0 Å². The second kappa shape index (κ2) is 6.85. The van der Waals surface area contributed by atoms with Crippen LogP contribution in [0.25, 0.3) is 0 Å². The molecule has 7 heteroatoms. The number of sulfonamides is 1. The number of rotatable bonds is 6. The van der Waals surface area contributed by atoms with Crippen molar-refractivity contribution in [2.24, 2.45) is 5.92 Å². The molecular formula is C13H19ClFNO3S. The van der Waals surface area contributed by atoms with Crippen LogP contribution in [0.5, 0.6) is 0 Å². The van der Waals surface area contributed by atoms with Crippen LogP contribution >= 0.6 is 11.6 Å². The van der Waals surface area contributed by atoms with Gasteiger partial charge >= 0.3 is 0 Å². The van der Waals surface area contributed by atoms with Crippen LogP contribution in [0.15, 0.2) is 17.0 Å². The molecule has 0 saturated heterocycles. The average Bonchev–Trinajstić information content (AvgIpc) is 2.32. The first-order chi connectivity index (χ1) is 9.19. The van der Waals surface area contributed by atoms with Gasteiger partial charge in [-0.3, -0.25) is 0 Å². The van der Waals surface area contributed by atoms with Crippen molar-refractivity contribution >= 4 is 21.6 Å². The Bertz CT molecular complexity index is 575. The largest absolute Gasteiger partial charge is 0.396 e. The van der Waals surface area contributed by atoms with Gasteiger partial charge in [-0.1, -0.05) is 25.4 Å². The zero-order valence-electron chi connectivity index (χ0n) is 11.7. The lowest BCUT2D eigenvalue weighted by molar-refractivity contribution is 0.256. The number of halogens is 2. The van der Waals surface area contributed by atoms with Crippen molar-refractivity contribution in [2.45, 2.75) is 38.1 Å². The van der Waals surface area contributed by atoms with Gasteiger partial charge in [0.15, 0.2) is 0 Å². The number of benzene rings is 1. The number of aliphatic hydroxyl groups is 1. The van der Waals surface area contributed by atoms with Crippen LogP contribution in [0.1, 0.15) is 25.8 Å². The number of hydrogen-bond acceptors (Lipinski definition) is 3. The lowest BCUT2D eigenvalue weighted by atomic mass is 10.0. The Morgan fingerprint density at radius 3 is 2.50 bits per heavy atom. The first-order valence-electron chi connectivity index (χ1n) is 6.28. The summed E-state index contributed by atoms with van der Waals surface area (Å²) in [5, 5.41) is 8.82. The van der Waals surface area contributed by atoms with E-state index in [-0.39, 0.29) is 28.0 Å². The predicted octanol–water partition coefficient (Wildman–Crippen LogP) is 2.47. The lowest BCUT2D eigenvalue weighted by Gasteiger charge is -2.22. The van der Waals surface area contributed by atoms with Gasteiger partial charge in [0.2, 0.25) is 10.0 Å². The van der Waals surface area contributed by atoms with Gasteiger partial charge in [-0.2, -0.15) is 0 Å². The van der Waals surface area contributed by atoms with Gasteiger partial charge in [-0.25, -0.2) is 17.5 Å². The minimum atomic E-state index is -3.86. The Morgan fingerprint density at radius 1 is 1.40 bits per heavy atom. The normalized spacial score (nSPS) is 13.8. The van der Waals surface area contributed by atoms with Crippen LogP contribution in [0, 0.1) is 18.7 Å². The Kier molecular flexibility index (Phi) is 5.94. The quantitative estimate of drug-likeness (QED) is 0.845. The van der Waals surface area contributed by atoms with E-state index in [2.05, 4.69) is 4.72 Å². The maximum atomic E-state index is 13.3. The molecule has 0 fully saturated rings. The minimum Gasteiger partial charge on any atom is -0.396 e. The summed E-state index contributed by atoms with van der Waals surface area (Å²) in [5.41, 5.74) is 0.207. The molecule has 0 aliphatic heterocycles. The predicted molar refractivity (Wildman–Crippen MR) is 76.8 cm³/mol. The second-order valence-corrected chi connectivity index (χ2v) is 7.11. The Balaban J connectivity index is 3.13. The van der Waals surface area contributed by atoms with Gasteiger partial charge < -0.3 is 5.11 Å². The van der Waals surface area contributed by atoms with Gasteiger partial charge in [0.05, 0.1) is 5.02 Å². The lowest BCUT2D eigenvalue weighted by Crippen LogP contribution is -2.39. The van der Waals surface area contributed by atoms with E-state index in [0.29, 0.717) is 6.42 Å². The summed E-state index contributed by atoms with van der Waals surface area (Å²) in [6.45, 7) is 5.04. The van der Waals surface area contributed by atoms with E-state index in [1.807, 2.05) is 13.8 Å². The van der Waals surface area contributed by atoms with Crippen molar-refractivity contribution in [3.05, 3.63) is 28.5 Å². The molecule has 4 nitrogen and oxygen atoms in total. The summed E-state index contributed by atoms with van der Waals surface area (Å²) < 4.78 is 40.4. The molecule has 0 heterocycles. The molecule has 1 atom stereocenters. The van der Waals surface area contributed by atoms with E-state index >= 15 is 0 Å². The van der Waals surface area contributed by atoms with Gasteiger partial charge in [0.25, 0.3) is 0 Å². The fourth-order valence-corrected chi connectivity index (χ4v) is 3.79. The fraction of sp³-hybridized carbons (Fsp3) is 0.538. The number of aryl methyl sites for hydroxylation is 1. The molecule has 1 rings (SSSR count). The average molecular weight is 324 g/mol. The third kappa shape index (κ3) is 4.15. The molecule has 1 aromatic carbocycles. The maximum absolute atomic E-state index is 13.3. The molecule has 0 radical (unpaired) electrons. The molecule has 114 valence electrons. The number of aliphatic hydroxyl groups excluding tert-OH is 1. The van der Waals surface area contributed by atoms with Crippen molar-refractivity contribution < 1.29 is 17.9 Å². The van der Waals surface area contributed by atoms with E-state index in [1.54, 1.807) is 0 Å². The smallest absolute Gasteiger partial charge is 0.242 e. The number of nitrogens with one attached hydrogen (secondary N) is 1. The molecule has 0 aliphatic rings. The molecule has 2 N–H and O–H groups in total. The van der Waals surface area contributed by atoms with E-state index in [4.69, 9.17) is 16.7 Å². The van der Waals surface area contributed by atoms with Crippen molar-refractivity contribution in [1.29, 1.82) is 0 Å². The van der Waals surface area contributed by atoms with Gasteiger partial charge in [0.1, 0.15) is 10.7 Å². The highest BCUT2D eigenvalue weighted by Gasteiger charge is 2.25. The summed E-state index contributed by atoms with van der Waals surface area (Å²) in [7, 11) is -3.86. The minimum absolute atomic E-state index is 0.0113. The van der Waals surface area contributed by atoms with Crippen LogP contribution < -0.4 is 4.72 Å². The van der Waals surface area contributed by atoms with Crippen molar-refractivity contribution in [3.8, 4) is 0 Å². The molecule has 0 aromatic heterocycles. The Morgan fingerprint density at radius 2 is 2.00 bits per heavy atom. The van der Waals surface area contributed by atoms with E-state index < -0.39 is 21.9 Å². The third-order valence-electron chi connectivity index (χ3n) is 3.05. The maximum Gasteiger partial charge on any atom is 0.242 e. The van der Waals surface area contributed by atoms with E-state index in [9.17, 15) is 12.8 Å². The van der Waals surface area contributed by atoms with Gasteiger partial charge in [-0.15, -0.1) is 0 Å². The van der Waals surface area contributed by atoms with Crippen LogP contribution in [-0.4, -0.2) is 26.2 Å². The highest BCUT2D eigenvalue weighted by Crippen LogP contribution is 2.25. The van der Waals surface area contributed by atoms with Gasteiger partial charge in [0, 0.05) is 12.6 Å². The molecular weight excluding hydrogens is 305 g/mol. The fourth-order valence-electron chi connectivity index (χ4n) is 1.77. The highest BCUT2D eigenvalue weighted by atomic mass is 35.5. The molecule has 20 heavy (non-hydrogen) atoms. The SMILES string of the molecule is Cc1cc(S(=O)(=O)NC(CCO)C(C)C)c(Cl)cc1F. The molecule has 0 bridgehead atoms. The Labute approximate surface area is 124 Å². The molecule has 0 saturated carbocycles. The van der Waals surface area contributed by atoms with Crippen LogP contribution in [0.2, 0.25) is 5.02 Å². The summed E-state index contributed by atoms with van der Waals surface area (Å²) >= 11 is 5.82. The molecule has 1 unspecified atom stereocenters. The number of hydrogen-bond donors (Lipinski definition) is 2. The first-order valence-corrected chi connectivity index (χ1v) is 8.14. The summed E-state index contributed by atoms with van der Waals surface area (Å²) in [4.78, 5) is -0.151. The summed E-state index contributed by atoms with van der Waals surface area (Å²) in [6.07, 6.45) is 0.300. The van der Waals surface area contributed by atoms with Gasteiger partial charge in [-0.05, 0) is 37.0 Å². The van der Waals surface area contributed by atoms with Crippen LogP contribution in [0.4, 0.5) is 4.39 Å². The van der Waals surface area contributed by atoms with Crippen molar-refractivity contribution in [2.75, 3.05) is 6.61 Å². The monoisotopic (exact) mass is 323 g/mol. The zero-order chi connectivity index (χ0) is 15.5.